The Kier molecular flexibility index (Phi) is 6.26. The second-order valence-electron chi connectivity index (χ2n) is 9.18. The summed E-state index contributed by atoms with van der Waals surface area (Å²) < 4.78 is 35.0. The molecular weight excluding hydrogens is 506 g/mol. The summed E-state index contributed by atoms with van der Waals surface area (Å²) in [6, 6.07) is 6.61. The number of fused-ring (bicyclic) bond motifs is 3. The highest BCUT2D eigenvalue weighted by Crippen LogP contribution is 2.35. The van der Waals surface area contributed by atoms with Gasteiger partial charge in [-0.3, -0.25) is 4.40 Å². The zero-order chi connectivity index (χ0) is 26.5. The number of benzene rings is 1. The van der Waals surface area contributed by atoms with Gasteiger partial charge in [-0.05, 0) is 37.6 Å². The van der Waals surface area contributed by atoms with Gasteiger partial charge in [0.2, 0.25) is 11.8 Å². The van der Waals surface area contributed by atoms with Crippen LogP contribution >= 0.6 is 11.6 Å². The molecular formula is C25H25ClF2N6O3. The Labute approximate surface area is 216 Å². The quantitative estimate of drug-likeness (QED) is 0.321. The predicted molar refractivity (Wildman–Crippen MR) is 136 cm³/mol. The zero-order valence-electron chi connectivity index (χ0n) is 20.4. The van der Waals surface area contributed by atoms with Crippen LogP contribution < -0.4 is 15.0 Å². The number of ether oxygens (including phenoxy) is 1. The maximum atomic E-state index is 13.9. The van der Waals surface area contributed by atoms with Gasteiger partial charge < -0.3 is 20.1 Å². The van der Waals surface area contributed by atoms with Gasteiger partial charge in [0.25, 0.3) is 5.92 Å². The van der Waals surface area contributed by atoms with E-state index in [9.17, 15) is 18.7 Å². The van der Waals surface area contributed by atoms with Crippen LogP contribution in [0.2, 0.25) is 5.15 Å². The number of carboxylic acid groups (broad SMARTS) is 1. The van der Waals surface area contributed by atoms with Crippen LogP contribution in [0.5, 0.6) is 5.88 Å². The number of carboxylic acids is 1. The van der Waals surface area contributed by atoms with E-state index in [-0.39, 0.29) is 36.8 Å². The molecule has 37 heavy (non-hydrogen) atoms. The van der Waals surface area contributed by atoms with Gasteiger partial charge in [-0.1, -0.05) is 17.7 Å². The van der Waals surface area contributed by atoms with Crippen molar-refractivity contribution in [3.63, 3.8) is 0 Å². The van der Waals surface area contributed by atoms with Crippen molar-refractivity contribution in [3.05, 3.63) is 52.4 Å². The zero-order valence-corrected chi connectivity index (χ0v) is 21.2. The number of halogens is 3. The molecule has 0 amide bonds. The molecule has 1 atom stereocenters. The fraction of sp³-hybridized carbons (Fsp3) is 0.360. The highest BCUT2D eigenvalue weighted by Gasteiger charge is 2.35. The minimum atomic E-state index is -2.70. The smallest absolute Gasteiger partial charge is 0.356 e. The molecule has 9 nitrogen and oxygen atoms in total. The minimum absolute atomic E-state index is 0.0747. The number of nitrogens with one attached hydrogen (secondary N) is 1. The maximum absolute atomic E-state index is 13.9. The van der Waals surface area contributed by atoms with Crippen molar-refractivity contribution in [1.82, 2.24) is 19.4 Å². The van der Waals surface area contributed by atoms with Crippen LogP contribution in [-0.2, 0) is 0 Å². The Morgan fingerprint density at radius 2 is 1.95 bits per heavy atom. The molecule has 1 aliphatic heterocycles. The number of nitrogens with zero attached hydrogens (tertiary/aromatic N) is 5. The Morgan fingerprint density at radius 3 is 2.62 bits per heavy atom. The number of anilines is 2. The number of rotatable bonds is 6. The van der Waals surface area contributed by atoms with Crippen molar-refractivity contribution < 1.29 is 23.4 Å². The van der Waals surface area contributed by atoms with Gasteiger partial charge in [0, 0.05) is 36.9 Å². The molecule has 1 saturated heterocycles. The second-order valence-corrected chi connectivity index (χ2v) is 9.57. The van der Waals surface area contributed by atoms with Crippen molar-refractivity contribution in [3.8, 4) is 5.88 Å². The molecule has 12 heteroatoms. The molecule has 2 N–H and O–H groups in total. The van der Waals surface area contributed by atoms with Crippen molar-refractivity contribution in [1.29, 1.82) is 0 Å². The van der Waals surface area contributed by atoms with Gasteiger partial charge in [-0.15, -0.1) is 0 Å². The number of aromatic carboxylic acids is 1. The molecule has 5 rings (SSSR count). The van der Waals surface area contributed by atoms with E-state index in [1.165, 1.54) is 13.2 Å². The number of piperidine rings is 1. The van der Waals surface area contributed by atoms with Crippen molar-refractivity contribution in [2.24, 2.45) is 0 Å². The second kappa shape index (κ2) is 9.29. The third-order valence-electron chi connectivity index (χ3n) is 6.53. The number of aromatic nitrogens is 4. The number of hydrogen-bond acceptors (Lipinski definition) is 7. The first-order valence-electron chi connectivity index (χ1n) is 11.7. The van der Waals surface area contributed by atoms with Gasteiger partial charge in [0.05, 0.1) is 30.6 Å². The van der Waals surface area contributed by atoms with E-state index in [2.05, 4.69) is 15.3 Å². The first kappa shape index (κ1) is 24.9. The molecule has 0 spiro atoms. The number of imidazole rings is 1. The van der Waals surface area contributed by atoms with Crippen molar-refractivity contribution in [2.75, 3.05) is 30.4 Å². The van der Waals surface area contributed by atoms with E-state index in [1.54, 1.807) is 16.7 Å². The summed E-state index contributed by atoms with van der Waals surface area (Å²) in [7, 11) is 1.52. The maximum Gasteiger partial charge on any atom is 0.356 e. The van der Waals surface area contributed by atoms with Crippen molar-refractivity contribution in [2.45, 2.75) is 38.7 Å². The summed E-state index contributed by atoms with van der Waals surface area (Å²) >= 11 is 5.91. The highest BCUT2D eigenvalue weighted by atomic mass is 35.5. The highest BCUT2D eigenvalue weighted by molar-refractivity contribution is 6.29. The topological polar surface area (TPSA) is 105 Å². The Hall–Kier alpha value is -3.73. The fourth-order valence-electron chi connectivity index (χ4n) is 4.67. The van der Waals surface area contributed by atoms with E-state index in [1.807, 2.05) is 30.9 Å². The average Bonchev–Trinajstić information content (AvgIpc) is 3.29. The van der Waals surface area contributed by atoms with Gasteiger partial charge >= 0.3 is 5.97 Å². The van der Waals surface area contributed by atoms with E-state index in [0.29, 0.717) is 28.7 Å². The number of alkyl halides is 2. The van der Waals surface area contributed by atoms with Gasteiger partial charge in [-0.2, -0.15) is 4.98 Å². The minimum Gasteiger partial charge on any atom is -0.480 e. The van der Waals surface area contributed by atoms with Crippen LogP contribution in [0, 0.1) is 6.92 Å². The molecule has 0 aliphatic carbocycles. The molecule has 0 saturated carbocycles. The lowest BCUT2D eigenvalue weighted by Crippen LogP contribution is -2.40. The number of aryl methyl sites for hydroxylation is 1. The Balaban J connectivity index is 1.66. The van der Waals surface area contributed by atoms with Gasteiger partial charge in [-0.25, -0.2) is 23.5 Å². The van der Waals surface area contributed by atoms with E-state index in [4.69, 9.17) is 21.3 Å². The summed E-state index contributed by atoms with van der Waals surface area (Å²) in [5, 5.41) is 13.6. The number of hydrogen-bond donors (Lipinski definition) is 2. The van der Waals surface area contributed by atoms with E-state index >= 15 is 0 Å². The predicted octanol–water partition coefficient (Wildman–Crippen LogP) is 5.35. The summed E-state index contributed by atoms with van der Waals surface area (Å²) in [4.78, 5) is 27.1. The fourth-order valence-corrected chi connectivity index (χ4v) is 4.82. The van der Waals surface area contributed by atoms with Crippen LogP contribution in [-0.4, -0.2) is 56.6 Å². The molecule has 0 unspecified atom stereocenters. The van der Waals surface area contributed by atoms with Crippen LogP contribution in [0.4, 0.5) is 20.4 Å². The molecule has 1 aliphatic rings. The van der Waals surface area contributed by atoms with Crippen LogP contribution in [0.3, 0.4) is 0 Å². The SMILES string of the molecule is COc1cn2c(N3CCC(F)(F)CC3)nc3c([C@@H](C)Nc4ccc(Cl)nc4C(=O)O)cc(C)cc3c2n1. The van der Waals surface area contributed by atoms with Gasteiger partial charge in [0.1, 0.15) is 5.15 Å². The third-order valence-corrected chi connectivity index (χ3v) is 6.74. The van der Waals surface area contributed by atoms with Crippen molar-refractivity contribution >= 4 is 45.8 Å². The molecule has 1 fully saturated rings. The molecule has 3 aromatic heterocycles. The van der Waals surface area contributed by atoms with Crippen LogP contribution in [0.15, 0.2) is 30.5 Å². The molecule has 4 heterocycles. The Morgan fingerprint density at radius 1 is 1.22 bits per heavy atom. The molecule has 0 radical (unpaired) electrons. The number of methoxy groups -OCH3 is 1. The first-order chi connectivity index (χ1) is 17.6. The summed E-state index contributed by atoms with van der Waals surface area (Å²) in [6.07, 6.45) is 1.17. The normalized spacial score (nSPS) is 16.2. The lowest BCUT2D eigenvalue weighted by Gasteiger charge is -2.33. The first-order valence-corrected chi connectivity index (χ1v) is 12.1. The molecule has 4 aromatic rings. The summed E-state index contributed by atoms with van der Waals surface area (Å²) in [5.74, 6) is -3.04. The average molecular weight is 531 g/mol. The standard InChI is InChI=1S/C25H25ClF2N6O3/c1-13-10-15(14(2)29-17-4-5-18(26)30-21(17)23(35)36)20-16(11-13)22-31-19(37-3)12-34(22)24(32-20)33-8-6-25(27,28)7-9-33/h4-5,10-12,14,29H,6-9H2,1-3H3,(H,35,36)/t14-/m1/s1. The van der Waals surface area contributed by atoms with Crippen LogP contribution in [0.1, 0.15) is 47.4 Å². The van der Waals surface area contributed by atoms with Gasteiger partial charge in [0.15, 0.2) is 11.3 Å². The van der Waals surface area contributed by atoms with E-state index in [0.717, 1.165) is 16.5 Å². The van der Waals surface area contributed by atoms with Crippen LogP contribution in [0.25, 0.3) is 16.6 Å². The Bertz CT molecular complexity index is 1520. The molecule has 1 aromatic carbocycles. The lowest BCUT2D eigenvalue weighted by molar-refractivity contribution is -0.0222. The molecule has 0 bridgehead atoms. The largest absolute Gasteiger partial charge is 0.480 e. The molecule has 194 valence electrons. The van der Waals surface area contributed by atoms with E-state index < -0.39 is 17.9 Å². The summed E-state index contributed by atoms with van der Waals surface area (Å²) in [6.45, 7) is 4.12. The lowest BCUT2D eigenvalue weighted by atomic mass is 10.0. The number of carbonyl (C=O) groups is 1. The number of pyridine rings is 1. The summed E-state index contributed by atoms with van der Waals surface area (Å²) in [5.41, 5.74) is 3.05. The third kappa shape index (κ3) is 4.71. The monoisotopic (exact) mass is 530 g/mol.